The Hall–Kier alpha value is -2.86. The second-order valence-electron chi connectivity index (χ2n) is 6.73. The van der Waals surface area contributed by atoms with Gasteiger partial charge in [-0.15, -0.1) is 5.10 Å². The molecular formula is C22H22N4OS. The molecule has 5 nitrogen and oxygen atoms in total. The summed E-state index contributed by atoms with van der Waals surface area (Å²) in [6.07, 6.45) is 5.89. The van der Waals surface area contributed by atoms with Crippen molar-refractivity contribution in [3.05, 3.63) is 71.5 Å². The summed E-state index contributed by atoms with van der Waals surface area (Å²) >= 11 is 1.38. The lowest BCUT2D eigenvalue weighted by atomic mass is 10.0. The number of aromatic nitrogens is 3. The first-order chi connectivity index (χ1) is 13.7. The summed E-state index contributed by atoms with van der Waals surface area (Å²) in [5.74, 6) is 0.776. The minimum Gasteiger partial charge on any atom is -0.311 e. The normalized spacial score (nSPS) is 14.8. The van der Waals surface area contributed by atoms with Gasteiger partial charge in [0, 0.05) is 12.2 Å². The van der Waals surface area contributed by atoms with E-state index in [2.05, 4.69) is 21.2 Å². The molecule has 28 heavy (non-hydrogen) atoms. The highest BCUT2D eigenvalue weighted by molar-refractivity contribution is 8.00. The Kier molecular flexibility index (Phi) is 5.58. The molecule has 1 aliphatic rings. The van der Waals surface area contributed by atoms with Crippen LogP contribution in [0.3, 0.4) is 0 Å². The van der Waals surface area contributed by atoms with Gasteiger partial charge in [-0.05, 0) is 43.0 Å². The number of fused-ring (bicyclic) bond motifs is 1. The maximum absolute atomic E-state index is 13.0. The van der Waals surface area contributed by atoms with E-state index in [0.717, 1.165) is 30.6 Å². The number of hydrogen-bond donors (Lipinski definition) is 1. The van der Waals surface area contributed by atoms with Gasteiger partial charge >= 0.3 is 0 Å². The molecule has 2 heterocycles. The molecule has 4 rings (SSSR count). The second-order valence-corrected chi connectivity index (χ2v) is 8.04. The molecule has 0 bridgehead atoms. The summed E-state index contributed by atoms with van der Waals surface area (Å²) in [4.78, 5) is 19.4. The van der Waals surface area contributed by atoms with Crippen molar-refractivity contribution in [1.29, 1.82) is 0 Å². The summed E-state index contributed by atoms with van der Waals surface area (Å²) in [5.41, 5.74) is 3.37. The lowest BCUT2D eigenvalue weighted by molar-refractivity contribution is -0.117. The first-order valence-electron chi connectivity index (χ1n) is 9.42. The Balaban J connectivity index is 1.42. The Morgan fingerprint density at radius 3 is 2.79 bits per heavy atom. The van der Waals surface area contributed by atoms with Gasteiger partial charge in [-0.25, -0.2) is 4.98 Å². The molecule has 0 aliphatic carbocycles. The van der Waals surface area contributed by atoms with Crippen molar-refractivity contribution in [3.63, 3.8) is 0 Å². The van der Waals surface area contributed by atoms with Crippen LogP contribution in [0.25, 0.3) is 12.2 Å². The first-order valence-corrected chi connectivity index (χ1v) is 10.3. The van der Waals surface area contributed by atoms with Crippen LogP contribution in [0.15, 0.2) is 59.8 Å². The number of hydrogen-bond acceptors (Lipinski definition) is 4. The molecule has 1 aliphatic heterocycles. The molecule has 1 N–H and O–H groups in total. The van der Waals surface area contributed by atoms with Gasteiger partial charge in [0.25, 0.3) is 0 Å². The quantitative estimate of drug-likeness (QED) is 0.655. The number of H-pyrrole nitrogens is 1. The van der Waals surface area contributed by atoms with Crippen molar-refractivity contribution >= 4 is 35.5 Å². The monoisotopic (exact) mass is 390 g/mol. The molecule has 0 radical (unpaired) electrons. The van der Waals surface area contributed by atoms with Crippen LogP contribution in [0, 0.1) is 0 Å². The van der Waals surface area contributed by atoms with E-state index in [0.29, 0.717) is 11.0 Å². The fourth-order valence-corrected chi connectivity index (χ4v) is 4.11. The molecule has 0 saturated carbocycles. The van der Waals surface area contributed by atoms with Crippen molar-refractivity contribution in [1.82, 2.24) is 15.2 Å². The molecule has 0 fully saturated rings. The van der Waals surface area contributed by atoms with E-state index in [1.54, 1.807) is 0 Å². The predicted molar refractivity (Wildman–Crippen MR) is 114 cm³/mol. The molecule has 1 unspecified atom stereocenters. The van der Waals surface area contributed by atoms with Crippen LogP contribution in [-0.2, 0) is 11.2 Å². The zero-order valence-corrected chi connectivity index (χ0v) is 16.5. The average Bonchev–Trinajstić information content (AvgIpc) is 3.19. The van der Waals surface area contributed by atoms with E-state index in [4.69, 9.17) is 0 Å². The van der Waals surface area contributed by atoms with Crippen LogP contribution in [0.5, 0.6) is 0 Å². The van der Waals surface area contributed by atoms with E-state index < -0.39 is 0 Å². The Labute approximate surface area is 168 Å². The molecule has 0 spiro atoms. The zero-order valence-electron chi connectivity index (χ0n) is 15.7. The standard InChI is InChI=1S/C22H22N4OS/c1-16(21(27)26-15-7-11-18-10-5-6-12-19(18)26)28-22-23-20(24-25-22)14-13-17-8-3-2-4-9-17/h2-6,8-10,12-14,16H,7,11,15H2,1H3,(H,23,24,25)/b14-13+. The molecule has 1 aromatic heterocycles. The highest BCUT2D eigenvalue weighted by atomic mass is 32.2. The smallest absolute Gasteiger partial charge is 0.240 e. The van der Waals surface area contributed by atoms with E-state index in [9.17, 15) is 4.79 Å². The van der Waals surface area contributed by atoms with Gasteiger partial charge in [-0.1, -0.05) is 66.4 Å². The molecule has 2 aromatic carbocycles. The number of carbonyl (C=O) groups excluding carboxylic acids is 1. The predicted octanol–water partition coefficient (Wildman–Crippen LogP) is 4.44. The highest BCUT2D eigenvalue weighted by Gasteiger charge is 2.27. The number of amides is 1. The molecule has 0 saturated heterocycles. The number of aryl methyl sites for hydroxylation is 1. The van der Waals surface area contributed by atoms with E-state index >= 15 is 0 Å². The largest absolute Gasteiger partial charge is 0.311 e. The Morgan fingerprint density at radius 2 is 1.93 bits per heavy atom. The lowest BCUT2D eigenvalue weighted by Crippen LogP contribution is -2.40. The zero-order chi connectivity index (χ0) is 19.3. The number of para-hydroxylation sites is 1. The number of carbonyl (C=O) groups is 1. The highest BCUT2D eigenvalue weighted by Crippen LogP contribution is 2.30. The van der Waals surface area contributed by atoms with Gasteiger partial charge < -0.3 is 4.90 Å². The van der Waals surface area contributed by atoms with Crippen molar-refractivity contribution in [2.75, 3.05) is 11.4 Å². The average molecular weight is 391 g/mol. The number of anilines is 1. The van der Waals surface area contributed by atoms with Crippen molar-refractivity contribution in [2.24, 2.45) is 0 Å². The first kappa shape index (κ1) is 18.5. The van der Waals surface area contributed by atoms with Gasteiger partial charge in [0.15, 0.2) is 0 Å². The molecule has 1 atom stereocenters. The number of thioether (sulfide) groups is 1. The topological polar surface area (TPSA) is 61.9 Å². The van der Waals surface area contributed by atoms with Crippen LogP contribution in [0.2, 0.25) is 0 Å². The minimum absolute atomic E-state index is 0.100. The molecule has 1 amide bonds. The molecule has 3 aromatic rings. The van der Waals surface area contributed by atoms with Gasteiger partial charge in [0.2, 0.25) is 11.1 Å². The number of benzene rings is 2. The lowest BCUT2D eigenvalue weighted by Gasteiger charge is -2.31. The van der Waals surface area contributed by atoms with Crippen LogP contribution in [0.4, 0.5) is 5.69 Å². The third-order valence-electron chi connectivity index (χ3n) is 4.72. The van der Waals surface area contributed by atoms with Crippen molar-refractivity contribution in [3.8, 4) is 0 Å². The SMILES string of the molecule is CC(Sc1n[nH]c(/C=C/c2ccccc2)n1)C(=O)N1CCCc2ccccc21. The van der Waals surface area contributed by atoms with Gasteiger partial charge in [0.05, 0.1) is 5.25 Å². The Bertz CT molecular complexity index is 983. The van der Waals surface area contributed by atoms with Crippen molar-refractivity contribution in [2.45, 2.75) is 30.2 Å². The van der Waals surface area contributed by atoms with E-state index in [1.165, 1.54) is 17.3 Å². The molecule has 6 heteroatoms. The fourth-order valence-electron chi connectivity index (χ4n) is 3.32. The number of nitrogens with one attached hydrogen (secondary N) is 1. The van der Waals surface area contributed by atoms with Crippen molar-refractivity contribution < 1.29 is 4.79 Å². The summed E-state index contributed by atoms with van der Waals surface area (Å²) in [6, 6.07) is 18.2. The third-order valence-corrected chi connectivity index (χ3v) is 5.67. The third kappa shape index (κ3) is 4.17. The summed E-state index contributed by atoms with van der Waals surface area (Å²) < 4.78 is 0. The Morgan fingerprint density at radius 1 is 1.14 bits per heavy atom. The fraction of sp³-hybridized carbons (Fsp3) is 0.227. The van der Waals surface area contributed by atoms with E-state index in [1.807, 2.05) is 72.5 Å². The van der Waals surface area contributed by atoms with Crippen LogP contribution < -0.4 is 4.90 Å². The van der Waals surface area contributed by atoms with Gasteiger partial charge in [0.1, 0.15) is 5.82 Å². The maximum atomic E-state index is 13.0. The van der Waals surface area contributed by atoms with E-state index in [-0.39, 0.29) is 11.2 Å². The van der Waals surface area contributed by atoms with Crippen LogP contribution >= 0.6 is 11.8 Å². The van der Waals surface area contributed by atoms with Crippen LogP contribution in [0.1, 0.15) is 30.3 Å². The molecule has 142 valence electrons. The summed E-state index contributed by atoms with van der Waals surface area (Å²) in [6.45, 7) is 2.68. The number of aromatic amines is 1. The second kappa shape index (κ2) is 8.44. The number of rotatable bonds is 5. The van der Waals surface area contributed by atoms with Gasteiger partial charge in [-0.3, -0.25) is 9.89 Å². The maximum Gasteiger partial charge on any atom is 0.240 e. The van der Waals surface area contributed by atoms with Gasteiger partial charge in [-0.2, -0.15) is 0 Å². The number of nitrogens with zero attached hydrogens (tertiary/aromatic N) is 3. The van der Waals surface area contributed by atoms with Crippen LogP contribution in [-0.4, -0.2) is 32.9 Å². The minimum atomic E-state index is -0.257. The molecular weight excluding hydrogens is 368 g/mol. The summed E-state index contributed by atoms with van der Waals surface area (Å²) in [7, 11) is 0. The summed E-state index contributed by atoms with van der Waals surface area (Å²) in [5, 5.41) is 7.49.